The van der Waals surface area contributed by atoms with Gasteiger partial charge in [0.2, 0.25) is 0 Å². The molecule has 0 amide bonds. The summed E-state index contributed by atoms with van der Waals surface area (Å²) in [6.45, 7) is 8.98. The van der Waals surface area contributed by atoms with Crippen LogP contribution in [0.3, 0.4) is 0 Å². The normalized spacial score (nSPS) is 23.9. The molecule has 0 spiro atoms. The van der Waals surface area contributed by atoms with E-state index in [0.717, 1.165) is 29.5 Å². The summed E-state index contributed by atoms with van der Waals surface area (Å²) in [5.41, 5.74) is 3.51. The number of piperazine rings is 1. The van der Waals surface area contributed by atoms with Gasteiger partial charge >= 0.3 is 0 Å². The van der Waals surface area contributed by atoms with E-state index in [2.05, 4.69) is 57.9 Å². The maximum absolute atomic E-state index is 4.41. The lowest BCUT2D eigenvalue weighted by Crippen LogP contribution is -2.48. The van der Waals surface area contributed by atoms with Crippen molar-refractivity contribution >= 4 is 5.69 Å². The molecule has 0 saturated carbocycles. The fourth-order valence-corrected chi connectivity index (χ4v) is 3.99. The molecular weight excluding hydrogens is 284 g/mol. The zero-order chi connectivity index (χ0) is 16.0. The van der Waals surface area contributed by atoms with Crippen LogP contribution in [0, 0.1) is 6.92 Å². The molecule has 2 aliphatic heterocycles. The Morgan fingerprint density at radius 3 is 2.26 bits per heavy atom. The highest BCUT2D eigenvalue weighted by Gasteiger charge is 2.43. The van der Waals surface area contributed by atoms with E-state index in [1.165, 1.54) is 18.7 Å². The van der Waals surface area contributed by atoms with Crippen LogP contribution in [-0.2, 0) is 0 Å². The van der Waals surface area contributed by atoms with Crippen LogP contribution in [0.2, 0.25) is 0 Å². The molecule has 0 radical (unpaired) electrons. The summed E-state index contributed by atoms with van der Waals surface area (Å²) >= 11 is 0. The Labute approximate surface area is 138 Å². The zero-order valence-electron chi connectivity index (χ0n) is 14.1. The van der Waals surface area contributed by atoms with Gasteiger partial charge in [0.1, 0.15) is 0 Å². The first kappa shape index (κ1) is 14.6. The summed E-state index contributed by atoms with van der Waals surface area (Å²) in [4.78, 5) is 14.0. The Hall–Kier alpha value is -1.94. The van der Waals surface area contributed by atoms with Crippen molar-refractivity contribution in [3.8, 4) is 11.4 Å². The highest BCUT2D eigenvalue weighted by atomic mass is 15.4. The van der Waals surface area contributed by atoms with Gasteiger partial charge in [-0.25, -0.2) is 9.97 Å². The van der Waals surface area contributed by atoms with Gasteiger partial charge in [0.05, 0.1) is 0 Å². The van der Waals surface area contributed by atoms with Crippen molar-refractivity contribution in [2.45, 2.75) is 45.3 Å². The monoisotopic (exact) mass is 308 g/mol. The molecule has 0 aliphatic carbocycles. The second-order valence-electron chi connectivity index (χ2n) is 7.12. The number of rotatable bonds is 3. The van der Waals surface area contributed by atoms with Crippen molar-refractivity contribution in [2.24, 2.45) is 0 Å². The molecule has 2 fully saturated rings. The lowest BCUT2D eigenvalue weighted by atomic mass is 10.1. The van der Waals surface area contributed by atoms with E-state index in [4.69, 9.17) is 0 Å². The number of aryl methyl sites for hydroxylation is 1. The number of fused-ring (bicyclic) bond motifs is 2. The number of benzene rings is 1. The zero-order valence-corrected chi connectivity index (χ0v) is 14.1. The van der Waals surface area contributed by atoms with Gasteiger partial charge in [-0.1, -0.05) is 0 Å². The first-order valence-corrected chi connectivity index (χ1v) is 8.53. The minimum atomic E-state index is 0.660. The van der Waals surface area contributed by atoms with Gasteiger partial charge in [-0.2, -0.15) is 0 Å². The van der Waals surface area contributed by atoms with Gasteiger partial charge in [-0.05, 0) is 57.0 Å². The van der Waals surface area contributed by atoms with Gasteiger partial charge in [-0.15, -0.1) is 0 Å². The van der Waals surface area contributed by atoms with Crippen LogP contribution in [0.1, 0.15) is 25.8 Å². The molecule has 3 heterocycles. The third-order valence-electron chi connectivity index (χ3n) is 5.18. The number of hydrogen-bond donors (Lipinski definition) is 0. The minimum Gasteiger partial charge on any atom is -0.366 e. The molecule has 2 atom stereocenters. The summed E-state index contributed by atoms with van der Waals surface area (Å²) in [6, 6.07) is 10.8. The molecule has 1 aromatic heterocycles. The third kappa shape index (κ3) is 2.61. The molecule has 0 N–H and O–H groups in total. The molecule has 120 valence electrons. The van der Waals surface area contributed by atoms with Gasteiger partial charge in [0.15, 0.2) is 5.82 Å². The molecular formula is C19H24N4. The fraction of sp³-hybridized carbons (Fsp3) is 0.474. The number of likely N-dealkylation sites (tertiary alicyclic amines) is 1. The van der Waals surface area contributed by atoms with Crippen molar-refractivity contribution in [2.75, 3.05) is 18.0 Å². The van der Waals surface area contributed by atoms with E-state index in [1.54, 1.807) is 0 Å². The average molecular weight is 308 g/mol. The van der Waals surface area contributed by atoms with Crippen LogP contribution in [0.5, 0.6) is 0 Å². The largest absolute Gasteiger partial charge is 0.366 e. The Kier molecular flexibility index (Phi) is 3.57. The summed E-state index contributed by atoms with van der Waals surface area (Å²) < 4.78 is 0. The Morgan fingerprint density at radius 1 is 1.00 bits per heavy atom. The second kappa shape index (κ2) is 5.60. The predicted molar refractivity (Wildman–Crippen MR) is 93.6 cm³/mol. The molecule has 4 heteroatoms. The molecule has 4 nitrogen and oxygen atoms in total. The van der Waals surface area contributed by atoms with E-state index in [9.17, 15) is 0 Å². The lowest BCUT2D eigenvalue weighted by molar-refractivity contribution is 0.191. The van der Waals surface area contributed by atoms with Gasteiger partial charge in [0.25, 0.3) is 0 Å². The second-order valence-corrected chi connectivity index (χ2v) is 7.12. The topological polar surface area (TPSA) is 32.3 Å². The highest BCUT2D eigenvalue weighted by molar-refractivity contribution is 5.61. The lowest BCUT2D eigenvalue weighted by Gasteiger charge is -2.37. The molecule has 2 bridgehead atoms. The summed E-state index contributed by atoms with van der Waals surface area (Å²) in [5, 5.41) is 0. The number of hydrogen-bond acceptors (Lipinski definition) is 4. The van der Waals surface area contributed by atoms with E-state index in [-0.39, 0.29) is 0 Å². The van der Waals surface area contributed by atoms with Crippen molar-refractivity contribution in [3.63, 3.8) is 0 Å². The third-order valence-corrected chi connectivity index (χ3v) is 5.18. The van der Waals surface area contributed by atoms with E-state index >= 15 is 0 Å². The quantitative estimate of drug-likeness (QED) is 0.872. The molecule has 2 saturated heterocycles. The Morgan fingerprint density at radius 2 is 1.70 bits per heavy atom. The highest BCUT2D eigenvalue weighted by Crippen LogP contribution is 2.36. The van der Waals surface area contributed by atoms with E-state index in [1.807, 2.05) is 19.3 Å². The standard InChI is InChI=1S/C19H24N4/c1-13(2)22-11-18-8-17(22)12-23(18)16-6-4-15(5-7-16)19-20-9-14(3)10-21-19/h4-7,9-10,13,17-18H,8,11-12H2,1-3H3/t17-,18-/m0/s1. The van der Waals surface area contributed by atoms with Crippen LogP contribution >= 0.6 is 0 Å². The van der Waals surface area contributed by atoms with Gasteiger partial charge < -0.3 is 4.90 Å². The average Bonchev–Trinajstić information content (AvgIpc) is 3.16. The van der Waals surface area contributed by atoms with Gasteiger partial charge in [-0.3, -0.25) is 4.90 Å². The molecule has 2 aliphatic rings. The number of aromatic nitrogens is 2. The number of anilines is 1. The first-order chi connectivity index (χ1) is 11.1. The molecule has 4 rings (SSSR count). The van der Waals surface area contributed by atoms with Crippen LogP contribution < -0.4 is 4.90 Å². The predicted octanol–water partition coefficient (Wildman–Crippen LogP) is 3.12. The summed E-state index contributed by atoms with van der Waals surface area (Å²) in [5.74, 6) is 0.802. The summed E-state index contributed by atoms with van der Waals surface area (Å²) in [6.07, 6.45) is 5.05. The van der Waals surface area contributed by atoms with Gasteiger partial charge in [0, 0.05) is 54.9 Å². The maximum Gasteiger partial charge on any atom is 0.159 e. The molecule has 0 unspecified atom stereocenters. The number of nitrogens with zero attached hydrogens (tertiary/aromatic N) is 4. The SMILES string of the molecule is Cc1cnc(-c2ccc(N3C[C@@H]4C[C@H]3CN4C(C)C)cc2)nc1. The van der Waals surface area contributed by atoms with Crippen LogP contribution in [-0.4, -0.2) is 46.1 Å². The van der Waals surface area contributed by atoms with Crippen molar-refractivity contribution < 1.29 is 0 Å². The Balaban J connectivity index is 1.51. The van der Waals surface area contributed by atoms with Crippen LogP contribution in [0.15, 0.2) is 36.7 Å². The summed E-state index contributed by atoms with van der Waals surface area (Å²) in [7, 11) is 0. The van der Waals surface area contributed by atoms with Crippen LogP contribution in [0.25, 0.3) is 11.4 Å². The van der Waals surface area contributed by atoms with Crippen molar-refractivity contribution in [3.05, 3.63) is 42.2 Å². The minimum absolute atomic E-state index is 0.660. The van der Waals surface area contributed by atoms with Crippen molar-refractivity contribution in [1.29, 1.82) is 0 Å². The first-order valence-electron chi connectivity index (χ1n) is 8.53. The fourth-order valence-electron chi connectivity index (χ4n) is 3.99. The van der Waals surface area contributed by atoms with Crippen LogP contribution in [0.4, 0.5) is 5.69 Å². The van der Waals surface area contributed by atoms with Crippen molar-refractivity contribution in [1.82, 2.24) is 14.9 Å². The Bertz CT molecular complexity index is 678. The van der Waals surface area contributed by atoms with E-state index < -0.39 is 0 Å². The molecule has 1 aromatic carbocycles. The maximum atomic E-state index is 4.41. The molecule has 23 heavy (non-hydrogen) atoms. The smallest absolute Gasteiger partial charge is 0.159 e. The molecule has 2 aromatic rings. The van der Waals surface area contributed by atoms with E-state index in [0.29, 0.717) is 12.1 Å².